The summed E-state index contributed by atoms with van der Waals surface area (Å²) in [5.41, 5.74) is 14.6. The lowest BCUT2D eigenvalue weighted by molar-refractivity contribution is 0.306. The number of nitrogens with two attached hydrogens (primary N) is 2. The number of rotatable bonds is 4. The van der Waals surface area contributed by atoms with Gasteiger partial charge in [-0.1, -0.05) is 35.9 Å². The van der Waals surface area contributed by atoms with Gasteiger partial charge in [-0.3, -0.25) is 5.32 Å². The lowest BCUT2D eigenvalue weighted by Crippen LogP contribution is -2.32. The standard InChI is InChI=1S/C22H17ClN8O/c23-14-3-1-2-12(8-14)10-32-15-6-4-13(5-7-15)19-17-18(26)16(9-24)20(27)30-21(17)31-22(29-19)28-11-25/h1-8,19H,10H2,(H6,26,27,28,29,30,31). The number of guanidine groups is 1. The molecular formula is C22H17ClN8O. The Morgan fingerprint density at radius 3 is 2.62 bits per heavy atom. The van der Waals surface area contributed by atoms with Gasteiger partial charge in [0.25, 0.3) is 0 Å². The molecule has 1 aliphatic rings. The van der Waals surface area contributed by atoms with Crippen molar-refractivity contribution in [3.05, 3.63) is 75.8 Å². The van der Waals surface area contributed by atoms with Gasteiger partial charge in [-0.05, 0) is 35.4 Å². The highest BCUT2D eigenvalue weighted by Gasteiger charge is 2.29. The number of nitrogen functional groups attached to an aromatic ring is 2. The van der Waals surface area contributed by atoms with Crippen molar-refractivity contribution < 1.29 is 4.74 Å². The van der Waals surface area contributed by atoms with E-state index in [4.69, 9.17) is 33.1 Å². The molecule has 158 valence electrons. The Kier molecular flexibility index (Phi) is 5.67. The maximum Gasteiger partial charge on any atom is 0.211 e. The molecule has 1 aliphatic heterocycles. The first kappa shape index (κ1) is 20.8. The first-order valence-corrected chi connectivity index (χ1v) is 9.84. The SMILES string of the molecule is N#CNC1=NC(c2ccc(OCc3cccc(Cl)c3)cc2)c2c(nc(N)c(C#N)c2N)N1. The fourth-order valence-electron chi connectivity index (χ4n) is 3.36. The lowest BCUT2D eigenvalue weighted by Gasteiger charge is -2.26. The first-order valence-electron chi connectivity index (χ1n) is 9.46. The quantitative estimate of drug-likeness (QED) is 0.352. The van der Waals surface area contributed by atoms with Crippen LogP contribution in [0, 0.1) is 22.8 Å². The third-order valence-electron chi connectivity index (χ3n) is 4.85. The van der Waals surface area contributed by atoms with Gasteiger partial charge in [-0.2, -0.15) is 10.5 Å². The van der Waals surface area contributed by atoms with Crippen molar-refractivity contribution in [2.24, 2.45) is 4.99 Å². The van der Waals surface area contributed by atoms with Crippen LogP contribution in [-0.2, 0) is 6.61 Å². The van der Waals surface area contributed by atoms with Gasteiger partial charge < -0.3 is 21.5 Å². The molecule has 6 N–H and O–H groups in total. The minimum absolute atomic E-state index is 0.00188. The normalized spacial score (nSPS) is 14.2. The van der Waals surface area contributed by atoms with Crippen molar-refractivity contribution in [1.29, 1.82) is 10.5 Å². The topological polar surface area (TPSA) is 158 Å². The number of hydrogen-bond donors (Lipinski definition) is 4. The molecule has 32 heavy (non-hydrogen) atoms. The van der Waals surface area contributed by atoms with Gasteiger partial charge in [0.05, 0.1) is 5.69 Å². The molecule has 0 saturated carbocycles. The van der Waals surface area contributed by atoms with Gasteiger partial charge >= 0.3 is 0 Å². The summed E-state index contributed by atoms with van der Waals surface area (Å²) in [4.78, 5) is 8.77. The van der Waals surface area contributed by atoms with Crippen LogP contribution >= 0.6 is 11.6 Å². The van der Waals surface area contributed by atoms with Crippen LogP contribution in [0.2, 0.25) is 5.02 Å². The minimum Gasteiger partial charge on any atom is -0.489 e. The van der Waals surface area contributed by atoms with Gasteiger partial charge in [0, 0.05) is 10.6 Å². The Labute approximate surface area is 188 Å². The van der Waals surface area contributed by atoms with Crippen LogP contribution in [0.4, 0.5) is 17.3 Å². The Morgan fingerprint density at radius 2 is 1.94 bits per heavy atom. The number of pyridine rings is 1. The Bertz CT molecular complexity index is 1290. The molecule has 10 heteroatoms. The van der Waals surface area contributed by atoms with Gasteiger partial charge in [0.2, 0.25) is 5.96 Å². The van der Waals surface area contributed by atoms with Gasteiger partial charge in [0.1, 0.15) is 41.7 Å². The molecule has 3 aromatic rings. The summed E-state index contributed by atoms with van der Waals surface area (Å²) in [6, 6.07) is 16.1. The summed E-state index contributed by atoms with van der Waals surface area (Å²) in [5.74, 6) is 1.18. The van der Waals surface area contributed by atoms with E-state index in [1.807, 2.05) is 42.6 Å². The fraction of sp³-hybridized carbons (Fsp3) is 0.0909. The van der Waals surface area contributed by atoms with Gasteiger partial charge in [0.15, 0.2) is 6.19 Å². The molecule has 0 radical (unpaired) electrons. The second-order valence-corrected chi connectivity index (χ2v) is 7.33. The van der Waals surface area contributed by atoms with Crippen molar-refractivity contribution >= 4 is 34.9 Å². The fourth-order valence-corrected chi connectivity index (χ4v) is 3.57. The smallest absolute Gasteiger partial charge is 0.211 e. The van der Waals surface area contributed by atoms with Crippen LogP contribution in [0.5, 0.6) is 5.75 Å². The number of hydrogen-bond acceptors (Lipinski definition) is 9. The average Bonchev–Trinajstić information content (AvgIpc) is 2.78. The second-order valence-electron chi connectivity index (χ2n) is 6.89. The first-order chi connectivity index (χ1) is 15.5. The molecule has 0 bridgehead atoms. The van der Waals surface area contributed by atoms with E-state index in [-0.39, 0.29) is 23.0 Å². The molecule has 1 aromatic heterocycles. The van der Waals surface area contributed by atoms with Crippen LogP contribution in [0.3, 0.4) is 0 Å². The number of aliphatic imine (C=N–C) groups is 1. The third-order valence-corrected chi connectivity index (χ3v) is 5.08. The Hall–Kier alpha value is -4.47. The largest absolute Gasteiger partial charge is 0.489 e. The summed E-state index contributed by atoms with van der Waals surface area (Å²) in [6.07, 6.45) is 1.82. The van der Waals surface area contributed by atoms with Crippen LogP contribution in [0.15, 0.2) is 53.5 Å². The van der Waals surface area contributed by atoms with Crippen molar-refractivity contribution in [3.63, 3.8) is 0 Å². The van der Waals surface area contributed by atoms with Crippen LogP contribution in [-0.4, -0.2) is 10.9 Å². The van der Waals surface area contributed by atoms with E-state index in [1.54, 1.807) is 18.2 Å². The van der Waals surface area contributed by atoms with Crippen LogP contribution in [0.25, 0.3) is 0 Å². The molecule has 2 heterocycles. The zero-order valence-corrected chi connectivity index (χ0v) is 17.4. The predicted octanol–water partition coefficient (Wildman–Crippen LogP) is 3.29. The van der Waals surface area contributed by atoms with Crippen molar-refractivity contribution in [2.45, 2.75) is 12.6 Å². The monoisotopic (exact) mass is 444 g/mol. The molecule has 0 amide bonds. The number of anilines is 3. The minimum atomic E-state index is -0.607. The molecule has 0 aliphatic carbocycles. The van der Waals surface area contributed by atoms with E-state index in [0.29, 0.717) is 28.8 Å². The number of ether oxygens (including phenoxy) is 1. The number of aromatic nitrogens is 1. The summed E-state index contributed by atoms with van der Waals surface area (Å²) in [5, 5.41) is 24.4. The highest BCUT2D eigenvalue weighted by atomic mass is 35.5. The van der Waals surface area contributed by atoms with Gasteiger partial charge in [-0.25, -0.2) is 9.98 Å². The van der Waals surface area contributed by atoms with Crippen molar-refractivity contribution in [1.82, 2.24) is 10.3 Å². The van der Waals surface area contributed by atoms with Crippen molar-refractivity contribution in [3.8, 4) is 18.0 Å². The molecule has 0 saturated heterocycles. The highest BCUT2D eigenvalue weighted by Crippen LogP contribution is 2.40. The molecule has 9 nitrogen and oxygen atoms in total. The summed E-state index contributed by atoms with van der Waals surface area (Å²) in [6.45, 7) is 0.367. The number of halogens is 1. The predicted molar refractivity (Wildman–Crippen MR) is 122 cm³/mol. The zero-order valence-electron chi connectivity index (χ0n) is 16.6. The molecule has 1 atom stereocenters. The molecular weight excluding hydrogens is 428 g/mol. The van der Waals surface area contributed by atoms with E-state index in [2.05, 4.69) is 20.6 Å². The second kappa shape index (κ2) is 8.72. The number of nitrogens with one attached hydrogen (secondary N) is 2. The number of nitriles is 2. The summed E-state index contributed by atoms with van der Waals surface area (Å²) < 4.78 is 5.84. The average molecular weight is 445 g/mol. The van der Waals surface area contributed by atoms with E-state index in [1.165, 1.54) is 0 Å². The molecule has 4 rings (SSSR count). The van der Waals surface area contributed by atoms with E-state index in [0.717, 1.165) is 11.1 Å². The van der Waals surface area contributed by atoms with Crippen molar-refractivity contribution in [2.75, 3.05) is 16.8 Å². The molecule has 2 aromatic carbocycles. The summed E-state index contributed by atoms with van der Waals surface area (Å²) in [7, 11) is 0. The number of nitrogens with zero attached hydrogens (tertiary/aromatic N) is 4. The highest BCUT2D eigenvalue weighted by molar-refractivity contribution is 6.30. The Balaban J connectivity index is 1.65. The maximum atomic E-state index is 9.41. The summed E-state index contributed by atoms with van der Waals surface area (Å²) >= 11 is 6.01. The number of fused-ring (bicyclic) bond motifs is 1. The Morgan fingerprint density at radius 1 is 1.16 bits per heavy atom. The molecule has 1 unspecified atom stereocenters. The van der Waals surface area contributed by atoms with E-state index < -0.39 is 6.04 Å². The third kappa shape index (κ3) is 4.06. The number of benzene rings is 2. The van der Waals surface area contributed by atoms with E-state index in [9.17, 15) is 5.26 Å². The zero-order chi connectivity index (χ0) is 22.7. The van der Waals surface area contributed by atoms with Gasteiger partial charge in [-0.15, -0.1) is 0 Å². The van der Waals surface area contributed by atoms with E-state index >= 15 is 0 Å². The van der Waals surface area contributed by atoms with Crippen LogP contribution in [0.1, 0.15) is 28.3 Å². The van der Waals surface area contributed by atoms with Crippen LogP contribution < -0.4 is 26.8 Å². The lowest BCUT2D eigenvalue weighted by atomic mass is 9.95. The maximum absolute atomic E-state index is 9.41. The molecule has 0 fully saturated rings. The molecule has 0 spiro atoms.